The fraction of sp³-hybridized carbons (Fsp3) is 0.727. The largest absolute Gasteiger partial charge is 0.505 e. The third kappa shape index (κ3) is 9.12. The Morgan fingerprint density at radius 3 is 2.69 bits per heavy atom. The number of unbranched alkanes of at least 4 members (excludes halogenated alkanes) is 3. The van der Waals surface area contributed by atoms with Crippen LogP contribution in [0.5, 0.6) is 0 Å². The van der Waals surface area contributed by atoms with Crippen molar-refractivity contribution in [1.82, 2.24) is 0 Å². The molecule has 0 spiro atoms. The van der Waals surface area contributed by atoms with Crippen molar-refractivity contribution in [3.8, 4) is 0 Å². The molecule has 0 saturated heterocycles. The minimum Gasteiger partial charge on any atom is -0.505 e. The van der Waals surface area contributed by atoms with Crippen LogP contribution < -0.4 is 0 Å². The molecule has 0 atom stereocenters. The summed E-state index contributed by atoms with van der Waals surface area (Å²) in [6.07, 6.45) is 9.23. The molecule has 13 heavy (non-hydrogen) atoms. The van der Waals surface area contributed by atoms with Gasteiger partial charge in [-0.05, 0) is 12.5 Å². The van der Waals surface area contributed by atoms with Gasteiger partial charge in [-0.3, -0.25) is 4.79 Å². The van der Waals surface area contributed by atoms with Crippen LogP contribution in [0.3, 0.4) is 0 Å². The molecule has 2 heteroatoms. The van der Waals surface area contributed by atoms with Gasteiger partial charge >= 0.3 is 0 Å². The minimum absolute atomic E-state index is 0.310. The van der Waals surface area contributed by atoms with Gasteiger partial charge in [0.15, 0.2) is 0 Å². The van der Waals surface area contributed by atoms with E-state index < -0.39 is 0 Å². The lowest BCUT2D eigenvalue weighted by Gasteiger charge is -1.97. The van der Waals surface area contributed by atoms with E-state index in [1.165, 1.54) is 19.3 Å². The molecule has 0 aliphatic rings. The lowest BCUT2D eigenvalue weighted by atomic mass is 10.1. The summed E-state index contributed by atoms with van der Waals surface area (Å²) in [6, 6.07) is 0. The Morgan fingerprint density at radius 1 is 1.31 bits per heavy atom. The maximum absolute atomic E-state index is 11.2. The van der Waals surface area contributed by atoms with E-state index >= 15 is 0 Å². The summed E-state index contributed by atoms with van der Waals surface area (Å²) in [5.74, 6) is 0.310. The average Bonchev–Trinajstić information content (AvgIpc) is 2.13. The molecule has 0 amide bonds. The van der Waals surface area contributed by atoms with Gasteiger partial charge in [-0.2, -0.15) is 0 Å². The molecule has 0 aromatic heterocycles. The molecule has 0 radical (unpaired) electrons. The SMILES string of the molecule is CCCCCCC(=O)C/C=C/OC. The van der Waals surface area contributed by atoms with Crippen LogP contribution in [0.2, 0.25) is 0 Å². The van der Waals surface area contributed by atoms with Crippen molar-refractivity contribution >= 4 is 5.78 Å². The predicted octanol–water partition coefficient (Wildman–Crippen LogP) is 3.08. The number of ether oxygens (including phenoxy) is 1. The summed E-state index contributed by atoms with van der Waals surface area (Å²) in [6.45, 7) is 2.17. The Bertz CT molecular complexity index is 150. The minimum atomic E-state index is 0.310. The summed E-state index contributed by atoms with van der Waals surface area (Å²) in [5.41, 5.74) is 0. The Labute approximate surface area is 81.0 Å². The van der Waals surface area contributed by atoms with Crippen LogP contribution in [0.1, 0.15) is 45.4 Å². The second-order valence-electron chi connectivity index (χ2n) is 3.16. The highest BCUT2D eigenvalue weighted by Gasteiger charge is 1.98. The first kappa shape index (κ1) is 12.2. The van der Waals surface area contributed by atoms with Gasteiger partial charge in [0, 0.05) is 12.8 Å². The first-order chi connectivity index (χ1) is 6.31. The van der Waals surface area contributed by atoms with Gasteiger partial charge in [0.1, 0.15) is 5.78 Å². The molecule has 0 aromatic rings. The summed E-state index contributed by atoms with van der Waals surface area (Å²) >= 11 is 0. The average molecular weight is 184 g/mol. The number of ketones is 1. The number of methoxy groups -OCH3 is 1. The molecule has 0 bridgehead atoms. The van der Waals surface area contributed by atoms with Crippen LogP contribution in [-0.4, -0.2) is 12.9 Å². The maximum atomic E-state index is 11.2. The van der Waals surface area contributed by atoms with E-state index in [2.05, 4.69) is 6.92 Å². The number of allylic oxidation sites excluding steroid dienone is 1. The predicted molar refractivity (Wildman–Crippen MR) is 54.5 cm³/mol. The normalized spacial score (nSPS) is 10.6. The molecule has 0 unspecified atom stereocenters. The Kier molecular flexibility index (Phi) is 8.73. The molecule has 0 saturated carbocycles. The Hall–Kier alpha value is -0.790. The lowest BCUT2D eigenvalue weighted by molar-refractivity contribution is -0.118. The molecule has 0 aliphatic carbocycles. The maximum Gasteiger partial charge on any atom is 0.136 e. The highest BCUT2D eigenvalue weighted by atomic mass is 16.5. The van der Waals surface area contributed by atoms with E-state index in [1.807, 2.05) is 0 Å². The summed E-state index contributed by atoms with van der Waals surface area (Å²) in [7, 11) is 1.59. The number of hydrogen-bond acceptors (Lipinski definition) is 2. The summed E-state index contributed by atoms with van der Waals surface area (Å²) in [5, 5.41) is 0. The van der Waals surface area contributed by atoms with Crippen molar-refractivity contribution in [2.75, 3.05) is 7.11 Å². The molecular formula is C11H20O2. The topological polar surface area (TPSA) is 26.3 Å². The number of rotatable bonds is 8. The van der Waals surface area contributed by atoms with Gasteiger partial charge in [0.25, 0.3) is 0 Å². The third-order valence-corrected chi connectivity index (χ3v) is 1.89. The van der Waals surface area contributed by atoms with Gasteiger partial charge < -0.3 is 4.74 Å². The number of Topliss-reactive ketones (excluding diaryl/α,β-unsaturated/α-hetero) is 1. The van der Waals surface area contributed by atoms with E-state index in [4.69, 9.17) is 4.74 Å². The molecule has 0 fully saturated rings. The fourth-order valence-electron chi connectivity index (χ4n) is 1.13. The standard InChI is InChI=1S/C11H20O2/c1-3-4-5-6-8-11(12)9-7-10-13-2/h7,10H,3-6,8-9H2,1-2H3/b10-7+. The number of carbonyl (C=O) groups excluding carboxylic acids is 1. The zero-order valence-electron chi connectivity index (χ0n) is 8.71. The molecular weight excluding hydrogens is 164 g/mol. The quantitative estimate of drug-likeness (QED) is 0.428. The van der Waals surface area contributed by atoms with Crippen molar-refractivity contribution in [2.45, 2.75) is 45.4 Å². The monoisotopic (exact) mass is 184 g/mol. The van der Waals surface area contributed by atoms with Crippen molar-refractivity contribution in [3.63, 3.8) is 0 Å². The van der Waals surface area contributed by atoms with Crippen molar-refractivity contribution in [3.05, 3.63) is 12.3 Å². The first-order valence-electron chi connectivity index (χ1n) is 5.00. The van der Waals surface area contributed by atoms with Gasteiger partial charge in [-0.15, -0.1) is 0 Å². The van der Waals surface area contributed by atoms with Crippen LogP contribution in [0.4, 0.5) is 0 Å². The lowest BCUT2D eigenvalue weighted by Crippen LogP contribution is -1.95. The second kappa shape index (κ2) is 9.30. The third-order valence-electron chi connectivity index (χ3n) is 1.89. The molecule has 2 nitrogen and oxygen atoms in total. The van der Waals surface area contributed by atoms with Crippen LogP contribution in [0, 0.1) is 0 Å². The van der Waals surface area contributed by atoms with Crippen LogP contribution in [-0.2, 0) is 9.53 Å². The molecule has 0 aromatic carbocycles. The van der Waals surface area contributed by atoms with E-state index in [-0.39, 0.29) is 0 Å². The van der Waals surface area contributed by atoms with Crippen LogP contribution in [0.15, 0.2) is 12.3 Å². The van der Waals surface area contributed by atoms with Crippen molar-refractivity contribution in [2.24, 2.45) is 0 Å². The van der Waals surface area contributed by atoms with E-state index in [0.29, 0.717) is 18.6 Å². The van der Waals surface area contributed by atoms with E-state index in [9.17, 15) is 4.79 Å². The van der Waals surface area contributed by atoms with Gasteiger partial charge in [-0.25, -0.2) is 0 Å². The van der Waals surface area contributed by atoms with Gasteiger partial charge in [0.05, 0.1) is 13.4 Å². The van der Waals surface area contributed by atoms with Gasteiger partial charge in [0.2, 0.25) is 0 Å². The Balaban J connectivity index is 3.25. The first-order valence-corrected chi connectivity index (χ1v) is 5.00. The summed E-state index contributed by atoms with van der Waals surface area (Å²) < 4.78 is 4.70. The number of hydrogen-bond donors (Lipinski definition) is 0. The molecule has 76 valence electrons. The van der Waals surface area contributed by atoms with Crippen molar-refractivity contribution < 1.29 is 9.53 Å². The smallest absolute Gasteiger partial charge is 0.136 e. The van der Waals surface area contributed by atoms with E-state index in [0.717, 1.165) is 6.42 Å². The van der Waals surface area contributed by atoms with E-state index in [1.54, 1.807) is 19.4 Å². The highest BCUT2D eigenvalue weighted by Crippen LogP contribution is 2.04. The molecule has 0 aliphatic heterocycles. The molecule has 0 rings (SSSR count). The summed E-state index contributed by atoms with van der Waals surface area (Å²) in [4.78, 5) is 11.2. The highest BCUT2D eigenvalue weighted by molar-refractivity contribution is 5.79. The number of carbonyl (C=O) groups is 1. The fourth-order valence-corrected chi connectivity index (χ4v) is 1.13. The second-order valence-corrected chi connectivity index (χ2v) is 3.16. The van der Waals surface area contributed by atoms with Gasteiger partial charge in [-0.1, -0.05) is 26.2 Å². The molecule has 0 heterocycles. The zero-order chi connectivity index (χ0) is 9.94. The van der Waals surface area contributed by atoms with Crippen LogP contribution in [0.25, 0.3) is 0 Å². The molecule has 0 N–H and O–H groups in total. The van der Waals surface area contributed by atoms with Crippen LogP contribution >= 0.6 is 0 Å². The zero-order valence-corrected chi connectivity index (χ0v) is 8.71. The Morgan fingerprint density at radius 2 is 2.08 bits per heavy atom. The van der Waals surface area contributed by atoms with Crippen molar-refractivity contribution in [1.29, 1.82) is 0 Å².